The van der Waals surface area contributed by atoms with E-state index < -0.39 is 18.0 Å². The number of aromatic nitrogens is 5. The average molecular weight is 478 g/mol. The fourth-order valence-corrected chi connectivity index (χ4v) is 4.08. The van der Waals surface area contributed by atoms with Gasteiger partial charge >= 0.3 is 5.97 Å². The second kappa shape index (κ2) is 10.5. The van der Waals surface area contributed by atoms with E-state index in [2.05, 4.69) is 15.4 Å². The van der Waals surface area contributed by atoms with Crippen molar-refractivity contribution in [3.8, 4) is 16.9 Å². The number of benzene rings is 2. The Morgan fingerprint density at radius 3 is 2.54 bits per heavy atom. The van der Waals surface area contributed by atoms with Gasteiger partial charge < -0.3 is 14.9 Å². The predicted molar refractivity (Wildman–Crippen MR) is 129 cm³/mol. The van der Waals surface area contributed by atoms with Gasteiger partial charge in [-0.25, -0.2) is 4.68 Å². The zero-order valence-electron chi connectivity index (χ0n) is 19.5. The quantitative estimate of drug-likeness (QED) is 0.356. The Labute approximate surface area is 201 Å². The maximum Gasteiger partial charge on any atom is 0.309 e. The number of hydrogen-bond acceptors (Lipinski definition) is 7. The first-order valence-corrected chi connectivity index (χ1v) is 11.3. The lowest BCUT2D eigenvalue weighted by molar-refractivity contribution is -0.146. The van der Waals surface area contributed by atoms with Crippen molar-refractivity contribution in [2.45, 2.75) is 31.9 Å². The van der Waals surface area contributed by atoms with Crippen molar-refractivity contribution < 1.29 is 19.7 Å². The van der Waals surface area contributed by atoms with Crippen LogP contribution in [0.3, 0.4) is 0 Å². The van der Waals surface area contributed by atoms with Crippen molar-refractivity contribution in [2.24, 2.45) is 13.0 Å². The fraction of sp³-hybridized carbons (Fsp3) is 0.320. The third-order valence-electron chi connectivity index (χ3n) is 6.09. The summed E-state index contributed by atoms with van der Waals surface area (Å²) in [7, 11) is 3.34. The third-order valence-corrected chi connectivity index (χ3v) is 6.09. The number of methoxy groups -OCH3 is 1. The SMILES string of the molecule is COc1cccc2c(=O)n(CC[C@H](C(=O)O)[C@H](O)CCc3ccc(-c4cnn(C)c4)cc3)nnc12. The van der Waals surface area contributed by atoms with Crippen LogP contribution in [0.5, 0.6) is 5.75 Å². The molecule has 2 aromatic carbocycles. The van der Waals surface area contributed by atoms with E-state index in [4.69, 9.17) is 4.74 Å². The van der Waals surface area contributed by atoms with E-state index in [1.165, 1.54) is 7.11 Å². The van der Waals surface area contributed by atoms with Gasteiger partial charge in [0.05, 0.1) is 30.7 Å². The summed E-state index contributed by atoms with van der Waals surface area (Å²) in [6.07, 6.45) is 3.48. The van der Waals surface area contributed by atoms with Gasteiger partial charge in [-0.2, -0.15) is 5.10 Å². The summed E-state index contributed by atoms with van der Waals surface area (Å²) in [6, 6.07) is 12.9. The Balaban J connectivity index is 1.39. The highest BCUT2D eigenvalue weighted by Crippen LogP contribution is 2.22. The summed E-state index contributed by atoms with van der Waals surface area (Å²) in [5, 5.41) is 32.8. The first-order chi connectivity index (χ1) is 16.9. The molecule has 0 spiro atoms. The van der Waals surface area contributed by atoms with Crippen LogP contribution in [0.1, 0.15) is 18.4 Å². The number of aryl methyl sites for hydroxylation is 3. The fourth-order valence-electron chi connectivity index (χ4n) is 4.08. The number of carbonyl (C=O) groups is 1. The number of hydrogen-bond donors (Lipinski definition) is 2. The molecule has 0 aliphatic heterocycles. The van der Waals surface area contributed by atoms with Crippen LogP contribution in [0, 0.1) is 5.92 Å². The van der Waals surface area contributed by atoms with Gasteiger partial charge in [0.15, 0.2) is 0 Å². The number of carboxylic acid groups (broad SMARTS) is 1. The molecular formula is C25H27N5O5. The van der Waals surface area contributed by atoms with Crippen molar-refractivity contribution in [1.82, 2.24) is 24.8 Å². The highest BCUT2D eigenvalue weighted by molar-refractivity contribution is 5.83. The Morgan fingerprint density at radius 2 is 1.89 bits per heavy atom. The van der Waals surface area contributed by atoms with Crippen molar-refractivity contribution in [1.29, 1.82) is 0 Å². The number of nitrogens with zero attached hydrogens (tertiary/aromatic N) is 5. The lowest BCUT2D eigenvalue weighted by Gasteiger charge is -2.19. The molecule has 0 aliphatic rings. The largest absolute Gasteiger partial charge is 0.494 e. The second-order valence-corrected chi connectivity index (χ2v) is 8.41. The molecule has 2 N–H and O–H groups in total. The van der Waals surface area contributed by atoms with E-state index in [0.29, 0.717) is 23.1 Å². The molecule has 10 nitrogen and oxygen atoms in total. The summed E-state index contributed by atoms with van der Waals surface area (Å²) in [5.41, 5.74) is 2.99. The van der Waals surface area contributed by atoms with E-state index >= 15 is 0 Å². The van der Waals surface area contributed by atoms with Gasteiger partial charge in [-0.1, -0.05) is 35.5 Å². The molecule has 2 heterocycles. The van der Waals surface area contributed by atoms with Crippen LogP contribution in [0.2, 0.25) is 0 Å². The molecule has 0 aliphatic carbocycles. The van der Waals surface area contributed by atoms with Gasteiger partial charge in [0.2, 0.25) is 0 Å². The van der Waals surface area contributed by atoms with Crippen molar-refractivity contribution >= 4 is 16.9 Å². The van der Waals surface area contributed by atoms with Crippen molar-refractivity contribution in [3.05, 3.63) is 70.8 Å². The van der Waals surface area contributed by atoms with Crippen molar-refractivity contribution in [3.63, 3.8) is 0 Å². The Hall–Kier alpha value is -4.05. The van der Waals surface area contributed by atoms with E-state index in [-0.39, 0.29) is 24.9 Å². The smallest absolute Gasteiger partial charge is 0.309 e. The molecule has 0 amide bonds. The summed E-state index contributed by atoms with van der Waals surface area (Å²) in [5.74, 6) is -1.72. The second-order valence-electron chi connectivity index (χ2n) is 8.41. The van der Waals surface area contributed by atoms with Gasteiger partial charge in [0, 0.05) is 25.4 Å². The Kier molecular flexibility index (Phi) is 7.21. The molecule has 2 aromatic heterocycles. The highest BCUT2D eigenvalue weighted by atomic mass is 16.5. The molecule has 0 saturated heterocycles. The van der Waals surface area contributed by atoms with Crippen LogP contribution in [-0.2, 0) is 24.8 Å². The van der Waals surface area contributed by atoms with E-state index in [0.717, 1.165) is 21.4 Å². The number of rotatable bonds is 10. The van der Waals surface area contributed by atoms with E-state index in [1.807, 2.05) is 37.5 Å². The van der Waals surface area contributed by atoms with Gasteiger partial charge in [-0.3, -0.25) is 14.3 Å². The van der Waals surface area contributed by atoms with Gasteiger partial charge in [0.25, 0.3) is 5.56 Å². The molecule has 2 atom stereocenters. The Bertz CT molecular complexity index is 1380. The Morgan fingerprint density at radius 1 is 1.11 bits per heavy atom. The van der Waals surface area contributed by atoms with Crippen LogP contribution in [0.15, 0.2) is 59.7 Å². The molecule has 0 fully saturated rings. The van der Waals surface area contributed by atoms with Gasteiger partial charge in [-0.05, 0) is 42.5 Å². The molecule has 4 rings (SSSR count). The van der Waals surface area contributed by atoms with Crippen molar-refractivity contribution in [2.75, 3.05) is 7.11 Å². The molecule has 10 heteroatoms. The number of aliphatic hydroxyl groups is 1. The zero-order chi connectivity index (χ0) is 24.9. The van der Waals surface area contributed by atoms with Crippen LogP contribution in [0.4, 0.5) is 0 Å². The third kappa shape index (κ3) is 5.38. The van der Waals surface area contributed by atoms with E-state index in [9.17, 15) is 19.8 Å². The molecule has 0 radical (unpaired) electrons. The maximum atomic E-state index is 12.8. The van der Waals surface area contributed by atoms with Crippen LogP contribution >= 0.6 is 0 Å². The molecule has 4 aromatic rings. The van der Waals surface area contributed by atoms with Gasteiger partial charge in [0.1, 0.15) is 11.3 Å². The molecule has 35 heavy (non-hydrogen) atoms. The summed E-state index contributed by atoms with van der Waals surface area (Å²) in [4.78, 5) is 24.6. The first-order valence-electron chi connectivity index (χ1n) is 11.3. The maximum absolute atomic E-state index is 12.8. The van der Waals surface area contributed by atoms with Crippen LogP contribution in [0.25, 0.3) is 22.0 Å². The predicted octanol–water partition coefficient (Wildman–Crippen LogP) is 2.29. The minimum absolute atomic E-state index is 0.0207. The summed E-state index contributed by atoms with van der Waals surface area (Å²) in [6.45, 7) is 0.0207. The molecular weight excluding hydrogens is 450 g/mol. The van der Waals surface area contributed by atoms with E-state index in [1.54, 1.807) is 29.1 Å². The normalized spacial score (nSPS) is 13.0. The standard InChI is InChI=1S/C25H27N5O5/c1-29-15-18(14-26-29)17-9-6-16(7-10-17)8-11-21(31)19(25(33)34)12-13-30-24(32)20-4-3-5-22(35-2)23(20)27-28-30/h3-7,9-10,14-15,19,21,31H,8,11-13H2,1-2H3,(H,33,34)/t19-,21+/m0/s1. The number of aliphatic hydroxyl groups excluding tert-OH is 1. The molecule has 0 unspecified atom stereocenters. The number of carboxylic acids is 1. The highest BCUT2D eigenvalue weighted by Gasteiger charge is 2.26. The summed E-state index contributed by atoms with van der Waals surface area (Å²) >= 11 is 0. The van der Waals surface area contributed by atoms with Crippen LogP contribution < -0.4 is 10.3 Å². The molecule has 0 bridgehead atoms. The van der Waals surface area contributed by atoms with Gasteiger partial charge in [-0.15, -0.1) is 5.10 Å². The van der Waals surface area contributed by atoms with Crippen LogP contribution in [-0.4, -0.2) is 54.2 Å². The molecule has 182 valence electrons. The molecule has 0 saturated carbocycles. The average Bonchev–Trinajstić information content (AvgIpc) is 3.30. The number of ether oxygens (including phenoxy) is 1. The number of fused-ring (bicyclic) bond motifs is 1. The topological polar surface area (TPSA) is 132 Å². The minimum Gasteiger partial charge on any atom is -0.494 e. The summed E-state index contributed by atoms with van der Waals surface area (Å²) < 4.78 is 8.07. The lowest BCUT2D eigenvalue weighted by atomic mass is 9.93. The first kappa shape index (κ1) is 24.1. The lowest BCUT2D eigenvalue weighted by Crippen LogP contribution is -2.32. The monoisotopic (exact) mass is 477 g/mol. The minimum atomic E-state index is -1.12. The number of aliphatic carboxylic acids is 1. The zero-order valence-corrected chi connectivity index (χ0v) is 19.5.